The van der Waals surface area contributed by atoms with E-state index in [1.807, 2.05) is 81.5 Å². The van der Waals surface area contributed by atoms with Crippen molar-refractivity contribution in [1.82, 2.24) is 15.1 Å². The first kappa shape index (κ1) is 27.3. The van der Waals surface area contributed by atoms with Crippen molar-refractivity contribution in [3.63, 3.8) is 0 Å². The van der Waals surface area contributed by atoms with Crippen LogP contribution in [0.25, 0.3) is 22.4 Å². The van der Waals surface area contributed by atoms with Crippen LogP contribution in [-0.4, -0.2) is 38.9 Å². The number of alkyl halides is 3. The fourth-order valence-corrected chi connectivity index (χ4v) is 3.77. The molecule has 1 amide bonds. The Bertz CT molecular complexity index is 1120. The molecule has 0 fully saturated rings. The molecule has 9 heteroatoms. The Morgan fingerprint density at radius 2 is 1.65 bits per heavy atom. The van der Waals surface area contributed by atoms with Crippen LogP contribution in [0.4, 0.5) is 13.2 Å². The fraction of sp³-hybridized carbons (Fsp3) is 0.360. The van der Waals surface area contributed by atoms with Crippen molar-refractivity contribution in [3.05, 3.63) is 60.3 Å². The second-order valence-electron chi connectivity index (χ2n) is 7.85. The fourth-order valence-electron chi connectivity index (χ4n) is 3.20. The maximum atomic E-state index is 12.4. The molecule has 0 saturated heterocycles. The third-order valence-electron chi connectivity index (χ3n) is 4.68. The van der Waals surface area contributed by atoms with Crippen molar-refractivity contribution in [2.45, 2.75) is 45.3 Å². The van der Waals surface area contributed by atoms with E-state index in [4.69, 9.17) is 0 Å². The zero-order valence-electron chi connectivity index (χ0n) is 19.9. The third-order valence-corrected chi connectivity index (χ3v) is 5.60. The predicted octanol–water partition coefficient (Wildman–Crippen LogP) is 5.93. The number of amides is 1. The summed E-state index contributed by atoms with van der Waals surface area (Å²) in [4.78, 5) is 12.9. The molecular formula is C25H30F3N3O2S. The van der Waals surface area contributed by atoms with E-state index in [1.54, 1.807) is 10.9 Å². The Morgan fingerprint density at radius 3 is 2.21 bits per heavy atom. The van der Waals surface area contributed by atoms with Gasteiger partial charge in [-0.15, -0.1) is 0 Å². The molecule has 2 aromatic carbocycles. The van der Waals surface area contributed by atoms with Gasteiger partial charge in [-0.3, -0.25) is 13.7 Å². The van der Waals surface area contributed by atoms with Crippen LogP contribution in [0.5, 0.6) is 0 Å². The molecule has 3 rings (SSSR count). The second-order valence-corrected chi connectivity index (χ2v) is 9.23. The lowest BCUT2D eigenvalue weighted by molar-refractivity contribution is -0.123. The smallest absolute Gasteiger partial charge is 0.342 e. The van der Waals surface area contributed by atoms with Gasteiger partial charge in [0.15, 0.2) is 5.69 Å². The van der Waals surface area contributed by atoms with Crippen molar-refractivity contribution in [3.8, 4) is 22.4 Å². The molecule has 0 aliphatic carbocycles. The molecule has 0 aliphatic rings. The molecule has 1 atom stereocenters. The summed E-state index contributed by atoms with van der Waals surface area (Å²) in [5, 5.41) is 6.11. The minimum atomic E-state index is -4.49. The highest BCUT2D eigenvalue weighted by molar-refractivity contribution is 7.84. The number of carbonyl (C=O) groups excluding carboxylic acids is 1. The lowest BCUT2D eigenvalue weighted by atomic mass is 10.0. The number of carbonyl (C=O) groups is 1. The molecule has 1 unspecified atom stereocenters. The number of hydrogen-bond acceptors (Lipinski definition) is 3. The maximum absolute atomic E-state index is 12.4. The summed E-state index contributed by atoms with van der Waals surface area (Å²) in [6.45, 7) is 7.08. The van der Waals surface area contributed by atoms with E-state index in [-0.39, 0.29) is 11.6 Å². The zero-order chi connectivity index (χ0) is 25.5. The molecule has 184 valence electrons. The second kappa shape index (κ2) is 12.0. The van der Waals surface area contributed by atoms with Crippen molar-refractivity contribution in [1.29, 1.82) is 0 Å². The molecule has 0 saturated carbocycles. The van der Waals surface area contributed by atoms with Crippen LogP contribution in [0.2, 0.25) is 0 Å². The van der Waals surface area contributed by atoms with E-state index in [0.717, 1.165) is 21.6 Å². The normalized spacial score (nSPS) is 12.1. The van der Waals surface area contributed by atoms with Crippen molar-refractivity contribution in [2.75, 3.05) is 12.8 Å². The first-order valence-electron chi connectivity index (χ1n) is 11.0. The van der Waals surface area contributed by atoms with E-state index in [0.29, 0.717) is 12.2 Å². The van der Waals surface area contributed by atoms with Crippen LogP contribution in [0.1, 0.15) is 38.2 Å². The summed E-state index contributed by atoms with van der Waals surface area (Å²) < 4.78 is 50.7. The number of nitrogens with one attached hydrogen (secondary N) is 1. The molecule has 1 heterocycles. The van der Waals surface area contributed by atoms with E-state index < -0.39 is 29.4 Å². The summed E-state index contributed by atoms with van der Waals surface area (Å²) in [6.07, 6.45) is -2.86. The Morgan fingerprint density at radius 1 is 1.03 bits per heavy atom. The van der Waals surface area contributed by atoms with Crippen LogP contribution in [0.3, 0.4) is 0 Å². The van der Waals surface area contributed by atoms with Gasteiger partial charge in [-0.25, -0.2) is 0 Å². The average Bonchev–Trinajstić information content (AvgIpc) is 3.21. The SMILES string of the molecule is CC.CC(C)Cn1nc(C(=O)NCC(F)(F)F)cc1-c1ccc(-c2cccc(S(C)=O)c2)cc1. The van der Waals surface area contributed by atoms with Gasteiger partial charge in [-0.2, -0.15) is 18.3 Å². The Kier molecular flexibility index (Phi) is 9.61. The summed E-state index contributed by atoms with van der Waals surface area (Å²) >= 11 is 0. The monoisotopic (exact) mass is 493 g/mol. The van der Waals surface area contributed by atoms with Crippen LogP contribution in [0, 0.1) is 5.92 Å². The molecule has 0 radical (unpaired) electrons. The average molecular weight is 494 g/mol. The van der Waals surface area contributed by atoms with Gasteiger partial charge in [0.2, 0.25) is 0 Å². The van der Waals surface area contributed by atoms with Gasteiger partial charge in [-0.1, -0.05) is 64.1 Å². The zero-order valence-corrected chi connectivity index (χ0v) is 20.8. The van der Waals surface area contributed by atoms with Crippen LogP contribution in [0.15, 0.2) is 59.5 Å². The minimum absolute atomic E-state index is 0.0629. The standard InChI is InChI=1S/C23H24F3N3O2S.C2H6/c1-15(2)13-29-21(12-20(28-29)22(30)27-14-23(24,25)26)17-9-7-16(8-10-17)18-5-4-6-19(11-18)32(3)31;1-2/h4-12,15H,13-14H2,1-3H3,(H,27,30);1-2H3. The predicted molar refractivity (Wildman–Crippen MR) is 130 cm³/mol. The molecule has 1 aromatic heterocycles. The minimum Gasteiger partial charge on any atom is -0.342 e. The molecule has 5 nitrogen and oxygen atoms in total. The molecule has 0 spiro atoms. The number of nitrogens with zero attached hydrogens (tertiary/aromatic N) is 2. The lowest BCUT2D eigenvalue weighted by Crippen LogP contribution is -2.34. The number of hydrogen-bond donors (Lipinski definition) is 1. The topological polar surface area (TPSA) is 64.0 Å². The molecule has 34 heavy (non-hydrogen) atoms. The van der Waals surface area contributed by atoms with E-state index in [9.17, 15) is 22.2 Å². The van der Waals surface area contributed by atoms with Gasteiger partial charge < -0.3 is 5.32 Å². The molecule has 0 bridgehead atoms. The van der Waals surface area contributed by atoms with Crippen LogP contribution >= 0.6 is 0 Å². The molecule has 0 aliphatic heterocycles. The number of halogens is 3. The highest BCUT2D eigenvalue weighted by Gasteiger charge is 2.28. The van der Waals surface area contributed by atoms with Gasteiger partial charge in [-0.05, 0) is 40.8 Å². The van der Waals surface area contributed by atoms with Crippen LogP contribution < -0.4 is 5.32 Å². The molecular weight excluding hydrogens is 463 g/mol. The molecule has 1 N–H and O–H groups in total. The van der Waals surface area contributed by atoms with Gasteiger partial charge >= 0.3 is 6.18 Å². The van der Waals surface area contributed by atoms with Gasteiger partial charge in [0.25, 0.3) is 5.91 Å². The van der Waals surface area contributed by atoms with Crippen LogP contribution in [-0.2, 0) is 17.3 Å². The van der Waals surface area contributed by atoms with Gasteiger partial charge in [0.1, 0.15) is 6.54 Å². The van der Waals surface area contributed by atoms with Crippen molar-refractivity contribution in [2.24, 2.45) is 5.92 Å². The number of benzene rings is 2. The lowest BCUT2D eigenvalue weighted by Gasteiger charge is -2.11. The highest BCUT2D eigenvalue weighted by atomic mass is 32.2. The van der Waals surface area contributed by atoms with E-state index in [2.05, 4.69) is 5.10 Å². The highest BCUT2D eigenvalue weighted by Crippen LogP contribution is 2.27. The number of rotatable bonds is 7. The first-order valence-corrected chi connectivity index (χ1v) is 12.6. The van der Waals surface area contributed by atoms with E-state index >= 15 is 0 Å². The number of aromatic nitrogens is 2. The van der Waals surface area contributed by atoms with Gasteiger partial charge in [0, 0.05) is 28.5 Å². The molecule has 3 aromatic rings. The van der Waals surface area contributed by atoms with Gasteiger partial charge in [0.05, 0.1) is 5.69 Å². The Labute approximate surface area is 200 Å². The third kappa shape index (κ3) is 7.55. The van der Waals surface area contributed by atoms with E-state index in [1.165, 1.54) is 6.07 Å². The summed E-state index contributed by atoms with van der Waals surface area (Å²) in [7, 11) is -1.09. The quantitative estimate of drug-likeness (QED) is 0.444. The summed E-state index contributed by atoms with van der Waals surface area (Å²) in [5.41, 5.74) is 3.22. The Balaban J connectivity index is 0.00000199. The van der Waals surface area contributed by atoms with Crippen molar-refractivity contribution < 1.29 is 22.2 Å². The first-order chi connectivity index (χ1) is 16.0. The summed E-state index contributed by atoms with van der Waals surface area (Å²) in [6, 6.07) is 16.5. The maximum Gasteiger partial charge on any atom is 0.405 e. The van der Waals surface area contributed by atoms with Crippen molar-refractivity contribution >= 4 is 16.7 Å². The largest absolute Gasteiger partial charge is 0.405 e. The Hall–Kier alpha value is -2.94. The summed E-state index contributed by atoms with van der Waals surface area (Å²) in [5.74, 6) is -0.649.